The number of aromatic nitrogens is 4. The minimum atomic E-state index is -1.00. The molecule has 3 heterocycles. The van der Waals surface area contributed by atoms with Gasteiger partial charge in [0.2, 0.25) is 0 Å². The number of pyridine rings is 1. The third-order valence-electron chi connectivity index (χ3n) is 5.62. The molecule has 1 fully saturated rings. The van der Waals surface area contributed by atoms with Crippen LogP contribution in [0.25, 0.3) is 11.0 Å². The van der Waals surface area contributed by atoms with E-state index in [9.17, 15) is 15.3 Å². The Kier molecular flexibility index (Phi) is 4.67. The molecule has 0 spiro atoms. The summed E-state index contributed by atoms with van der Waals surface area (Å²) in [6.07, 6.45) is 1.41. The third kappa shape index (κ3) is 3.22. The van der Waals surface area contributed by atoms with Crippen LogP contribution in [0.1, 0.15) is 29.5 Å². The standard InChI is InChI=1S/C20H24N4O3/c1-11-4-3-5-13(23-11)8-17(25)15-9-16(19(27)18(15)26)24-7-6-14-12(2)21-10-22-20(14)24/h3-7,10,15-19,25-27H,8-9H2,1-2H3/t15?,16?,17?,18-,19+/m1/s1. The highest BCUT2D eigenvalue weighted by atomic mass is 16.3. The molecule has 7 nitrogen and oxygen atoms in total. The van der Waals surface area contributed by atoms with Gasteiger partial charge in [-0.3, -0.25) is 4.98 Å². The summed E-state index contributed by atoms with van der Waals surface area (Å²) in [7, 11) is 0. The van der Waals surface area contributed by atoms with E-state index in [2.05, 4.69) is 15.0 Å². The minimum absolute atomic E-state index is 0.344. The Balaban J connectivity index is 1.57. The first-order valence-electron chi connectivity index (χ1n) is 9.20. The molecule has 3 aromatic heterocycles. The fraction of sp³-hybridized carbons (Fsp3) is 0.450. The molecule has 3 unspecified atom stereocenters. The van der Waals surface area contributed by atoms with Gasteiger partial charge in [0.1, 0.15) is 18.1 Å². The van der Waals surface area contributed by atoms with E-state index in [4.69, 9.17) is 0 Å². The van der Waals surface area contributed by atoms with Crippen LogP contribution in [0.2, 0.25) is 0 Å². The summed E-state index contributed by atoms with van der Waals surface area (Å²) < 4.78 is 1.88. The van der Waals surface area contributed by atoms with Gasteiger partial charge in [-0.15, -0.1) is 0 Å². The van der Waals surface area contributed by atoms with Crippen LogP contribution in [0.4, 0.5) is 0 Å². The fourth-order valence-electron chi connectivity index (χ4n) is 4.15. The van der Waals surface area contributed by atoms with Crippen LogP contribution in [0, 0.1) is 19.8 Å². The summed E-state index contributed by atoms with van der Waals surface area (Å²) in [6.45, 7) is 3.82. The molecule has 1 aliphatic carbocycles. The van der Waals surface area contributed by atoms with E-state index in [-0.39, 0.29) is 6.04 Å². The van der Waals surface area contributed by atoms with Crippen molar-refractivity contribution in [2.75, 3.05) is 0 Å². The second kappa shape index (κ2) is 6.99. The number of hydrogen-bond acceptors (Lipinski definition) is 6. The summed E-state index contributed by atoms with van der Waals surface area (Å²) in [5, 5.41) is 32.9. The van der Waals surface area contributed by atoms with Gasteiger partial charge in [-0.1, -0.05) is 6.07 Å². The van der Waals surface area contributed by atoms with Gasteiger partial charge < -0.3 is 19.9 Å². The molecule has 27 heavy (non-hydrogen) atoms. The maximum atomic E-state index is 10.7. The van der Waals surface area contributed by atoms with E-state index in [1.807, 2.05) is 48.9 Å². The van der Waals surface area contributed by atoms with Crippen LogP contribution >= 0.6 is 0 Å². The summed E-state index contributed by atoms with van der Waals surface area (Å²) in [5.74, 6) is -0.437. The zero-order valence-corrected chi connectivity index (χ0v) is 15.4. The second-order valence-electron chi connectivity index (χ2n) is 7.41. The number of hydrogen-bond donors (Lipinski definition) is 3. The zero-order chi connectivity index (χ0) is 19.1. The smallest absolute Gasteiger partial charge is 0.143 e. The number of aliphatic hydroxyl groups is 3. The molecule has 5 atom stereocenters. The Bertz CT molecular complexity index is 957. The van der Waals surface area contributed by atoms with Crippen molar-refractivity contribution in [1.29, 1.82) is 0 Å². The molecule has 3 N–H and O–H groups in total. The molecule has 0 radical (unpaired) electrons. The van der Waals surface area contributed by atoms with Crippen molar-refractivity contribution in [3.8, 4) is 0 Å². The van der Waals surface area contributed by atoms with Gasteiger partial charge in [0.05, 0.1) is 23.9 Å². The summed E-state index contributed by atoms with van der Waals surface area (Å²) in [5.41, 5.74) is 3.27. The monoisotopic (exact) mass is 368 g/mol. The number of aryl methyl sites for hydroxylation is 2. The van der Waals surface area contributed by atoms with Crippen LogP contribution in [0.5, 0.6) is 0 Å². The van der Waals surface area contributed by atoms with E-state index in [0.29, 0.717) is 12.8 Å². The zero-order valence-electron chi connectivity index (χ0n) is 15.4. The highest BCUT2D eigenvalue weighted by Gasteiger charge is 2.45. The highest BCUT2D eigenvalue weighted by molar-refractivity contribution is 5.78. The van der Waals surface area contributed by atoms with Crippen molar-refractivity contribution in [3.05, 3.63) is 53.9 Å². The molecular formula is C20H24N4O3. The number of nitrogens with zero attached hydrogens (tertiary/aromatic N) is 4. The third-order valence-corrected chi connectivity index (χ3v) is 5.62. The number of fused-ring (bicyclic) bond motifs is 1. The lowest BCUT2D eigenvalue weighted by atomic mass is 9.94. The maximum Gasteiger partial charge on any atom is 0.143 e. The molecule has 142 valence electrons. The summed E-state index contributed by atoms with van der Waals surface area (Å²) in [6, 6.07) is 7.24. The maximum absolute atomic E-state index is 10.7. The lowest BCUT2D eigenvalue weighted by Crippen LogP contribution is -2.35. The van der Waals surface area contributed by atoms with Crippen molar-refractivity contribution >= 4 is 11.0 Å². The van der Waals surface area contributed by atoms with Gasteiger partial charge in [-0.25, -0.2) is 9.97 Å². The molecular weight excluding hydrogens is 344 g/mol. The average molecular weight is 368 g/mol. The van der Waals surface area contributed by atoms with Crippen LogP contribution in [-0.2, 0) is 6.42 Å². The van der Waals surface area contributed by atoms with E-state index in [1.54, 1.807) is 0 Å². The predicted octanol–water partition coefficient (Wildman–Crippen LogP) is 1.33. The van der Waals surface area contributed by atoms with Crippen LogP contribution < -0.4 is 0 Å². The van der Waals surface area contributed by atoms with Gasteiger partial charge in [-0.2, -0.15) is 0 Å². The van der Waals surface area contributed by atoms with E-state index in [0.717, 1.165) is 28.1 Å². The van der Waals surface area contributed by atoms with Gasteiger partial charge >= 0.3 is 0 Å². The predicted molar refractivity (Wildman–Crippen MR) is 100 cm³/mol. The first-order valence-corrected chi connectivity index (χ1v) is 9.20. The van der Waals surface area contributed by atoms with E-state index in [1.165, 1.54) is 6.33 Å². The Morgan fingerprint density at radius 3 is 2.74 bits per heavy atom. The Hall–Kier alpha value is -2.35. The first-order chi connectivity index (χ1) is 13.0. The van der Waals surface area contributed by atoms with E-state index >= 15 is 0 Å². The van der Waals surface area contributed by atoms with Gasteiger partial charge in [0.15, 0.2) is 0 Å². The van der Waals surface area contributed by atoms with Gasteiger partial charge in [-0.05, 0) is 38.5 Å². The number of rotatable bonds is 4. The normalized spacial score (nSPS) is 26.6. The lowest BCUT2D eigenvalue weighted by molar-refractivity contribution is -0.0255. The molecule has 0 saturated heterocycles. The van der Waals surface area contributed by atoms with Crippen molar-refractivity contribution < 1.29 is 15.3 Å². The number of aliphatic hydroxyl groups excluding tert-OH is 3. The molecule has 7 heteroatoms. The highest BCUT2D eigenvalue weighted by Crippen LogP contribution is 2.39. The Labute approximate surface area is 157 Å². The SMILES string of the molecule is Cc1cccc(CC(O)C2CC(n3ccc4c(C)ncnc43)[C@H](O)[C@@H]2O)n1. The molecule has 0 aromatic carbocycles. The second-order valence-corrected chi connectivity index (χ2v) is 7.41. The van der Waals surface area contributed by atoms with Crippen molar-refractivity contribution in [3.63, 3.8) is 0 Å². The van der Waals surface area contributed by atoms with Crippen LogP contribution in [0.15, 0.2) is 36.8 Å². The molecule has 0 amide bonds. The van der Waals surface area contributed by atoms with E-state index < -0.39 is 24.2 Å². The largest absolute Gasteiger partial charge is 0.392 e. The van der Waals surface area contributed by atoms with Crippen molar-refractivity contribution in [2.45, 2.75) is 51.0 Å². The Morgan fingerprint density at radius 1 is 1.15 bits per heavy atom. The molecule has 1 saturated carbocycles. The quantitative estimate of drug-likeness (QED) is 0.642. The Morgan fingerprint density at radius 2 is 1.96 bits per heavy atom. The first kappa shape index (κ1) is 18.0. The summed E-state index contributed by atoms with van der Waals surface area (Å²) in [4.78, 5) is 13.0. The summed E-state index contributed by atoms with van der Waals surface area (Å²) >= 11 is 0. The molecule has 0 aliphatic heterocycles. The molecule has 1 aliphatic rings. The van der Waals surface area contributed by atoms with Crippen molar-refractivity contribution in [1.82, 2.24) is 19.5 Å². The van der Waals surface area contributed by atoms with Crippen molar-refractivity contribution in [2.24, 2.45) is 5.92 Å². The molecule has 0 bridgehead atoms. The molecule has 4 rings (SSSR count). The van der Waals surface area contributed by atoms with Gasteiger partial charge in [0.25, 0.3) is 0 Å². The fourth-order valence-corrected chi connectivity index (χ4v) is 4.15. The van der Waals surface area contributed by atoms with Gasteiger partial charge in [0, 0.05) is 35.3 Å². The van der Waals surface area contributed by atoms with Crippen LogP contribution in [-0.4, -0.2) is 53.2 Å². The topological polar surface area (TPSA) is 104 Å². The minimum Gasteiger partial charge on any atom is -0.392 e. The van der Waals surface area contributed by atoms with Crippen LogP contribution in [0.3, 0.4) is 0 Å². The average Bonchev–Trinajstić information content (AvgIpc) is 3.18. The molecule has 3 aromatic rings. The lowest BCUT2D eigenvalue weighted by Gasteiger charge is -2.21.